The van der Waals surface area contributed by atoms with E-state index in [1.165, 1.54) is 12.0 Å². The van der Waals surface area contributed by atoms with Crippen molar-refractivity contribution in [1.29, 1.82) is 0 Å². The first-order valence-corrected chi connectivity index (χ1v) is 11.5. The highest BCUT2D eigenvalue weighted by Crippen LogP contribution is 2.39. The molecule has 0 spiro atoms. The Morgan fingerprint density at radius 3 is 2.61 bits per heavy atom. The zero-order valence-electron chi connectivity index (χ0n) is 19.9. The number of hydrogen-bond acceptors (Lipinski definition) is 6. The van der Waals surface area contributed by atoms with Crippen LogP contribution in [-0.2, 0) is 16.0 Å². The Labute approximate surface area is 207 Å². The molecule has 1 saturated heterocycles. The first kappa shape index (κ1) is 23.2. The number of fused-ring (bicyclic) bond motifs is 1. The lowest BCUT2D eigenvalue weighted by molar-refractivity contribution is -0.139. The van der Waals surface area contributed by atoms with Gasteiger partial charge in [0, 0.05) is 41.6 Å². The summed E-state index contributed by atoms with van der Waals surface area (Å²) in [5, 5.41) is 12.2. The number of aliphatic hydroxyl groups excluding tert-OH is 1. The average molecular weight is 484 g/mol. The van der Waals surface area contributed by atoms with Crippen LogP contribution in [0.25, 0.3) is 16.7 Å². The second-order valence-electron chi connectivity index (χ2n) is 8.49. The van der Waals surface area contributed by atoms with Gasteiger partial charge in [0.2, 0.25) is 0 Å². The number of H-pyrrole nitrogens is 1. The van der Waals surface area contributed by atoms with Crippen LogP contribution in [0, 0.1) is 0 Å². The molecule has 0 saturated carbocycles. The molecule has 2 N–H and O–H groups in total. The van der Waals surface area contributed by atoms with Crippen molar-refractivity contribution < 1.29 is 24.2 Å². The fraction of sp³-hybridized carbons (Fsp3) is 0.179. The predicted molar refractivity (Wildman–Crippen MR) is 135 cm³/mol. The third-order valence-corrected chi connectivity index (χ3v) is 6.48. The molecule has 8 heteroatoms. The molecule has 2 aromatic carbocycles. The molecule has 8 nitrogen and oxygen atoms in total. The Hall–Kier alpha value is -4.59. The Morgan fingerprint density at radius 2 is 1.86 bits per heavy atom. The van der Waals surface area contributed by atoms with Crippen LogP contribution in [0.2, 0.25) is 0 Å². The summed E-state index contributed by atoms with van der Waals surface area (Å²) in [5.41, 5.74) is 3.01. The van der Waals surface area contributed by atoms with Gasteiger partial charge in [-0.15, -0.1) is 0 Å². The molecular weight excluding hydrogens is 458 g/mol. The summed E-state index contributed by atoms with van der Waals surface area (Å²) >= 11 is 0. The summed E-state index contributed by atoms with van der Waals surface area (Å²) in [4.78, 5) is 35.4. The number of methoxy groups -OCH3 is 2. The van der Waals surface area contributed by atoms with Crippen molar-refractivity contribution in [3.05, 3.63) is 95.5 Å². The molecule has 182 valence electrons. The molecule has 1 atom stereocenters. The molecule has 0 unspecified atom stereocenters. The van der Waals surface area contributed by atoms with Crippen LogP contribution in [0.5, 0.6) is 11.5 Å². The monoisotopic (exact) mass is 483 g/mol. The SMILES string of the molecule is COc1cccc(C(O)=C2C(=O)C(=O)N(CCc3c[nH]c4ccc(OC)cc34)[C@@H]2c2cccnc2)c1. The number of nitrogens with zero attached hydrogens (tertiary/aromatic N) is 2. The molecule has 1 aliphatic heterocycles. The van der Waals surface area contributed by atoms with E-state index in [2.05, 4.69) is 9.97 Å². The fourth-order valence-electron chi connectivity index (χ4n) is 4.65. The largest absolute Gasteiger partial charge is 0.507 e. The van der Waals surface area contributed by atoms with Crippen LogP contribution in [0.15, 0.2) is 78.8 Å². The molecule has 0 aliphatic carbocycles. The maximum absolute atomic E-state index is 13.2. The molecule has 1 fully saturated rings. The first-order chi connectivity index (χ1) is 17.5. The minimum atomic E-state index is -0.773. The number of hydrogen-bond donors (Lipinski definition) is 2. The fourth-order valence-corrected chi connectivity index (χ4v) is 4.65. The number of benzene rings is 2. The summed E-state index contributed by atoms with van der Waals surface area (Å²) in [7, 11) is 3.14. The molecule has 2 aromatic heterocycles. The van der Waals surface area contributed by atoms with Gasteiger partial charge in [0.25, 0.3) is 11.7 Å². The molecule has 0 radical (unpaired) electrons. The lowest BCUT2D eigenvalue weighted by Gasteiger charge is -2.25. The molecule has 1 aliphatic rings. The number of aliphatic hydroxyl groups is 1. The van der Waals surface area contributed by atoms with Gasteiger partial charge in [0.1, 0.15) is 17.3 Å². The van der Waals surface area contributed by atoms with Gasteiger partial charge in [-0.1, -0.05) is 18.2 Å². The molecule has 0 bridgehead atoms. The normalized spacial score (nSPS) is 17.1. The van der Waals surface area contributed by atoms with E-state index < -0.39 is 17.7 Å². The van der Waals surface area contributed by atoms with Gasteiger partial charge in [-0.2, -0.15) is 0 Å². The Bertz CT molecular complexity index is 1480. The van der Waals surface area contributed by atoms with Gasteiger partial charge >= 0.3 is 0 Å². The Morgan fingerprint density at radius 1 is 1.06 bits per heavy atom. The van der Waals surface area contributed by atoms with E-state index in [0.717, 1.165) is 22.2 Å². The highest BCUT2D eigenvalue weighted by Gasteiger charge is 2.46. The molecule has 4 aromatic rings. The van der Waals surface area contributed by atoms with E-state index in [1.54, 1.807) is 55.9 Å². The number of aromatic nitrogens is 2. The smallest absolute Gasteiger partial charge is 0.295 e. The number of likely N-dealkylation sites (tertiary alicyclic amines) is 1. The topological polar surface area (TPSA) is 105 Å². The standard InChI is InChI=1S/C28H25N3O5/c1-35-20-7-3-5-17(13-20)26(32)24-25(19-6-4-11-29-15-19)31(28(34)27(24)33)12-10-18-16-30-23-9-8-21(36-2)14-22(18)23/h3-9,11,13-16,25,30,32H,10,12H2,1-2H3/t25-/m1/s1. The van der Waals surface area contributed by atoms with E-state index >= 15 is 0 Å². The van der Waals surface area contributed by atoms with E-state index in [4.69, 9.17) is 9.47 Å². The number of carbonyl (C=O) groups excluding carboxylic acids is 2. The van der Waals surface area contributed by atoms with E-state index in [0.29, 0.717) is 23.3 Å². The van der Waals surface area contributed by atoms with E-state index in [9.17, 15) is 14.7 Å². The number of nitrogens with one attached hydrogen (secondary N) is 1. The van der Waals surface area contributed by atoms with Crippen LogP contribution in [0.3, 0.4) is 0 Å². The van der Waals surface area contributed by atoms with Crippen LogP contribution < -0.4 is 9.47 Å². The van der Waals surface area contributed by atoms with Crippen molar-refractivity contribution in [2.24, 2.45) is 0 Å². The van der Waals surface area contributed by atoms with E-state index in [-0.39, 0.29) is 17.9 Å². The number of amides is 1. The highest BCUT2D eigenvalue weighted by molar-refractivity contribution is 6.46. The van der Waals surface area contributed by atoms with Crippen LogP contribution in [0.1, 0.15) is 22.7 Å². The first-order valence-electron chi connectivity index (χ1n) is 11.5. The summed E-state index contributed by atoms with van der Waals surface area (Å²) in [6.07, 6.45) is 5.63. The van der Waals surface area contributed by atoms with Crippen molar-refractivity contribution in [2.45, 2.75) is 12.5 Å². The molecular formula is C28H25N3O5. The van der Waals surface area contributed by atoms with Gasteiger partial charge in [-0.25, -0.2) is 0 Å². The molecule has 36 heavy (non-hydrogen) atoms. The summed E-state index contributed by atoms with van der Waals surface area (Å²) in [6, 6.07) is 15.3. The van der Waals surface area contributed by atoms with Crippen LogP contribution in [-0.4, -0.2) is 52.4 Å². The van der Waals surface area contributed by atoms with E-state index in [1.807, 2.05) is 24.4 Å². The predicted octanol–water partition coefficient (Wildman–Crippen LogP) is 4.24. The van der Waals surface area contributed by atoms with Crippen molar-refractivity contribution >= 4 is 28.4 Å². The summed E-state index contributed by atoms with van der Waals surface area (Å²) in [5.74, 6) is -0.380. The zero-order valence-corrected chi connectivity index (χ0v) is 19.9. The third kappa shape index (κ3) is 4.07. The van der Waals surface area contributed by atoms with Gasteiger partial charge in [0.05, 0.1) is 25.8 Å². The number of rotatable bonds is 7. The van der Waals surface area contributed by atoms with Crippen molar-refractivity contribution in [1.82, 2.24) is 14.9 Å². The number of ether oxygens (including phenoxy) is 2. The van der Waals surface area contributed by atoms with Crippen LogP contribution in [0.4, 0.5) is 0 Å². The van der Waals surface area contributed by atoms with Gasteiger partial charge in [-0.05, 0) is 53.9 Å². The summed E-state index contributed by atoms with van der Waals surface area (Å²) in [6.45, 7) is 0.267. The number of ketones is 1. The quantitative estimate of drug-likeness (QED) is 0.231. The molecule has 5 rings (SSSR count). The minimum Gasteiger partial charge on any atom is -0.507 e. The van der Waals surface area contributed by atoms with Crippen molar-refractivity contribution in [3.8, 4) is 11.5 Å². The van der Waals surface area contributed by atoms with Gasteiger partial charge in [0.15, 0.2) is 0 Å². The maximum Gasteiger partial charge on any atom is 0.295 e. The second kappa shape index (κ2) is 9.58. The summed E-state index contributed by atoms with van der Waals surface area (Å²) < 4.78 is 10.6. The molecule has 1 amide bonds. The zero-order chi connectivity index (χ0) is 25.2. The lowest BCUT2D eigenvalue weighted by atomic mass is 9.96. The van der Waals surface area contributed by atoms with Crippen molar-refractivity contribution in [3.63, 3.8) is 0 Å². The Balaban J connectivity index is 1.54. The van der Waals surface area contributed by atoms with Gasteiger partial charge in [-0.3, -0.25) is 14.6 Å². The average Bonchev–Trinajstić information content (AvgIpc) is 3.44. The Kier molecular flexibility index (Phi) is 6.16. The number of aromatic amines is 1. The van der Waals surface area contributed by atoms with Crippen molar-refractivity contribution in [2.75, 3.05) is 20.8 Å². The number of pyridine rings is 1. The minimum absolute atomic E-state index is 0.0295. The second-order valence-corrected chi connectivity index (χ2v) is 8.49. The highest BCUT2D eigenvalue weighted by atomic mass is 16.5. The van der Waals surface area contributed by atoms with Gasteiger partial charge < -0.3 is 24.5 Å². The molecule has 3 heterocycles. The lowest BCUT2D eigenvalue weighted by Crippen LogP contribution is -2.31. The van der Waals surface area contributed by atoms with Crippen LogP contribution >= 0.6 is 0 Å². The third-order valence-electron chi connectivity index (χ3n) is 6.48. The number of Topliss-reactive ketones (excluding diaryl/α,β-unsaturated/α-hetero) is 1. The maximum atomic E-state index is 13.2. The number of carbonyl (C=O) groups is 2.